The molecule has 26 heavy (non-hydrogen) atoms. The molecule has 11 heteroatoms. The quantitative estimate of drug-likeness (QED) is 0.154. The number of nitrogens with zero attached hydrogens (tertiary/aromatic N) is 1. The Bertz CT molecular complexity index is 785. The van der Waals surface area contributed by atoms with Crippen molar-refractivity contribution >= 4 is 108 Å². The lowest BCUT2D eigenvalue weighted by Gasteiger charge is -2.20. The van der Waals surface area contributed by atoms with Crippen LogP contribution >= 0.6 is 79.6 Å². The third-order valence-electron chi connectivity index (χ3n) is 2.86. The van der Waals surface area contributed by atoms with Crippen molar-refractivity contribution in [3.05, 3.63) is 37.0 Å². The molecule has 0 saturated carbocycles. The van der Waals surface area contributed by atoms with Crippen LogP contribution in [0, 0.1) is 7.14 Å². The Morgan fingerprint density at radius 3 is 2.42 bits per heavy atom. The summed E-state index contributed by atoms with van der Waals surface area (Å²) in [4.78, 5) is 47.4. The zero-order chi connectivity index (χ0) is 20.0. The molecule has 1 aromatic carbocycles. The summed E-state index contributed by atoms with van der Waals surface area (Å²) in [5.74, 6) is -1.57. The molecule has 0 aliphatic heterocycles. The minimum absolute atomic E-state index is 0.121. The molecule has 0 heterocycles. The number of benzene rings is 1. The molecule has 0 bridgehead atoms. The summed E-state index contributed by atoms with van der Waals surface area (Å²) >= 11 is 11.1. The van der Waals surface area contributed by atoms with Crippen molar-refractivity contribution in [2.45, 2.75) is 6.92 Å². The highest BCUT2D eigenvalue weighted by Gasteiger charge is 2.26. The van der Waals surface area contributed by atoms with Gasteiger partial charge in [-0.25, -0.2) is 3.11 Å². The van der Waals surface area contributed by atoms with E-state index in [2.05, 4.69) is 11.9 Å². The third kappa shape index (κ3) is 6.02. The first-order valence-corrected chi connectivity index (χ1v) is 10.3. The number of carbonyl (C=O) groups is 4. The van der Waals surface area contributed by atoms with E-state index in [1.807, 2.05) is 45.2 Å². The molecule has 0 spiro atoms. The molecular weight excluding hydrogens is 704 g/mol. The minimum atomic E-state index is -0.754. The van der Waals surface area contributed by atoms with Crippen LogP contribution in [0.1, 0.15) is 27.6 Å². The molecule has 0 aliphatic carbocycles. The minimum Gasteiger partial charge on any atom is -0.456 e. The van der Waals surface area contributed by atoms with Crippen molar-refractivity contribution in [1.82, 2.24) is 5.32 Å². The molecule has 0 fully saturated rings. The Kier molecular flexibility index (Phi) is 9.74. The predicted molar refractivity (Wildman–Crippen MR) is 123 cm³/mol. The molecule has 2 amide bonds. The van der Waals surface area contributed by atoms with Gasteiger partial charge in [0.25, 0.3) is 17.1 Å². The van der Waals surface area contributed by atoms with E-state index < -0.39 is 29.6 Å². The maximum absolute atomic E-state index is 12.4. The SMILES string of the molecule is C=CCNC(=O)c1cc(N(I)C(=O)COC(C)=O)c(I)c(C(=O)Cl)c1I. The number of esters is 1. The van der Waals surface area contributed by atoms with E-state index in [1.54, 1.807) is 22.9 Å². The highest BCUT2D eigenvalue weighted by atomic mass is 127. The van der Waals surface area contributed by atoms with Crippen LogP contribution in [-0.2, 0) is 14.3 Å². The predicted octanol–water partition coefficient (Wildman–Crippen LogP) is 3.44. The lowest BCUT2D eigenvalue weighted by atomic mass is 10.1. The number of hydrogen-bond acceptors (Lipinski definition) is 5. The number of carbonyl (C=O) groups excluding carboxylic acids is 4. The molecule has 140 valence electrons. The molecule has 1 rings (SSSR count). The number of anilines is 1. The van der Waals surface area contributed by atoms with Crippen molar-refractivity contribution in [3.63, 3.8) is 0 Å². The van der Waals surface area contributed by atoms with Crippen LogP contribution < -0.4 is 8.43 Å². The van der Waals surface area contributed by atoms with Gasteiger partial charge in [0.2, 0.25) is 0 Å². The molecule has 0 saturated heterocycles. The van der Waals surface area contributed by atoms with E-state index in [9.17, 15) is 19.2 Å². The van der Waals surface area contributed by atoms with E-state index in [0.29, 0.717) is 7.14 Å². The van der Waals surface area contributed by atoms with Crippen molar-refractivity contribution in [2.75, 3.05) is 16.3 Å². The molecule has 1 N–H and O–H groups in total. The lowest BCUT2D eigenvalue weighted by molar-refractivity contribution is -0.145. The van der Waals surface area contributed by atoms with Crippen LogP contribution in [0.5, 0.6) is 0 Å². The van der Waals surface area contributed by atoms with Gasteiger partial charge in [0.1, 0.15) is 0 Å². The Labute approximate surface area is 196 Å². The molecule has 0 radical (unpaired) electrons. The van der Waals surface area contributed by atoms with Gasteiger partial charge in [-0.15, -0.1) is 6.58 Å². The van der Waals surface area contributed by atoms with Gasteiger partial charge in [0.15, 0.2) is 6.61 Å². The number of rotatable bonds is 7. The standard InChI is InChI=1S/C15H12ClI3N2O5/c1-3-4-20-15(25)8-5-9(13(18)11(12(8)17)14(16)24)21(19)10(23)6-26-7(2)22/h3,5H,1,4,6H2,2H3,(H,20,25). The summed E-state index contributed by atoms with van der Waals surface area (Å²) < 4.78 is 6.64. The number of amides is 2. The Morgan fingerprint density at radius 2 is 1.92 bits per heavy atom. The van der Waals surface area contributed by atoms with Gasteiger partial charge < -0.3 is 10.1 Å². The first-order chi connectivity index (χ1) is 12.1. The first-order valence-electron chi connectivity index (χ1n) is 6.84. The number of halogens is 4. The lowest BCUT2D eigenvalue weighted by Crippen LogP contribution is -2.29. The first kappa shape index (κ1) is 23.6. The van der Waals surface area contributed by atoms with Crippen LogP contribution in [0.2, 0.25) is 0 Å². The zero-order valence-electron chi connectivity index (χ0n) is 13.3. The van der Waals surface area contributed by atoms with Crippen molar-refractivity contribution in [1.29, 1.82) is 0 Å². The van der Waals surface area contributed by atoms with E-state index in [4.69, 9.17) is 16.3 Å². The average Bonchev–Trinajstić information content (AvgIpc) is 2.56. The van der Waals surface area contributed by atoms with Gasteiger partial charge in [0.05, 0.1) is 43.2 Å². The van der Waals surface area contributed by atoms with E-state index in [-0.39, 0.29) is 23.4 Å². The number of hydrogen-bond donors (Lipinski definition) is 1. The van der Waals surface area contributed by atoms with E-state index in [0.717, 1.165) is 0 Å². The van der Waals surface area contributed by atoms with E-state index >= 15 is 0 Å². The van der Waals surface area contributed by atoms with E-state index in [1.165, 1.54) is 22.2 Å². The smallest absolute Gasteiger partial charge is 0.303 e. The van der Waals surface area contributed by atoms with Crippen LogP contribution in [0.3, 0.4) is 0 Å². The van der Waals surface area contributed by atoms with Gasteiger partial charge in [-0.05, 0) is 62.8 Å². The Morgan fingerprint density at radius 1 is 1.31 bits per heavy atom. The van der Waals surface area contributed by atoms with Crippen LogP contribution in [0.4, 0.5) is 5.69 Å². The maximum Gasteiger partial charge on any atom is 0.303 e. The summed E-state index contributed by atoms with van der Waals surface area (Å²) in [6.07, 6.45) is 1.51. The molecule has 0 aliphatic rings. The fourth-order valence-corrected chi connectivity index (χ4v) is 5.55. The second kappa shape index (κ2) is 10.8. The maximum atomic E-state index is 12.4. The zero-order valence-corrected chi connectivity index (χ0v) is 20.5. The van der Waals surface area contributed by atoms with Gasteiger partial charge in [-0.3, -0.25) is 19.2 Å². The van der Waals surface area contributed by atoms with Crippen LogP contribution in [-0.4, -0.2) is 36.2 Å². The van der Waals surface area contributed by atoms with Gasteiger partial charge in [0, 0.05) is 17.0 Å². The summed E-state index contributed by atoms with van der Waals surface area (Å²) in [6, 6.07) is 1.48. The highest BCUT2D eigenvalue weighted by Crippen LogP contribution is 2.35. The average molecular weight is 716 g/mol. The normalized spacial score (nSPS) is 10.0. The van der Waals surface area contributed by atoms with Gasteiger partial charge >= 0.3 is 5.97 Å². The fourth-order valence-electron chi connectivity index (χ4n) is 1.72. The highest BCUT2D eigenvalue weighted by molar-refractivity contribution is 14.1. The third-order valence-corrected chi connectivity index (χ3v) is 6.32. The number of nitrogens with one attached hydrogen (secondary N) is 1. The van der Waals surface area contributed by atoms with Crippen LogP contribution in [0.15, 0.2) is 18.7 Å². The summed E-state index contributed by atoms with van der Waals surface area (Å²) in [6.45, 7) is 4.48. The second-order valence-electron chi connectivity index (χ2n) is 4.67. The van der Waals surface area contributed by atoms with Crippen molar-refractivity contribution < 1.29 is 23.9 Å². The molecule has 0 atom stereocenters. The summed E-state index contributed by atoms with van der Waals surface area (Å²) in [7, 11) is 0. The monoisotopic (exact) mass is 716 g/mol. The molecular formula is C15H12ClI3N2O5. The Hall–Kier alpha value is -0.480. The van der Waals surface area contributed by atoms with Gasteiger partial charge in [-0.1, -0.05) is 6.08 Å². The largest absolute Gasteiger partial charge is 0.456 e. The fraction of sp³-hybridized carbons (Fsp3) is 0.200. The molecule has 7 nitrogen and oxygen atoms in total. The van der Waals surface area contributed by atoms with Crippen molar-refractivity contribution in [2.24, 2.45) is 0 Å². The van der Waals surface area contributed by atoms with Crippen molar-refractivity contribution in [3.8, 4) is 0 Å². The molecule has 1 aromatic rings. The summed E-state index contributed by atoms with van der Waals surface area (Å²) in [5.41, 5.74) is 0.599. The van der Waals surface area contributed by atoms with Gasteiger partial charge in [-0.2, -0.15) is 0 Å². The topological polar surface area (TPSA) is 92.8 Å². The van der Waals surface area contributed by atoms with Crippen LogP contribution in [0.25, 0.3) is 0 Å². The molecule has 0 unspecified atom stereocenters. The Balaban J connectivity index is 3.42. The second-order valence-corrected chi connectivity index (χ2v) is 8.14. The summed E-state index contributed by atoms with van der Waals surface area (Å²) in [5, 5.41) is 1.86. The molecule has 0 aromatic heterocycles. The number of ether oxygens (including phenoxy) is 1.